The van der Waals surface area contributed by atoms with E-state index in [9.17, 15) is 5.26 Å². The molecule has 1 aliphatic heterocycles. The van der Waals surface area contributed by atoms with Crippen LogP contribution in [0, 0.1) is 11.3 Å². The third-order valence-corrected chi connectivity index (χ3v) is 6.24. The van der Waals surface area contributed by atoms with E-state index in [-0.39, 0.29) is 24.8 Å². The van der Waals surface area contributed by atoms with Crippen LogP contribution in [0.5, 0.6) is 0 Å². The van der Waals surface area contributed by atoms with Gasteiger partial charge < -0.3 is 4.90 Å². The van der Waals surface area contributed by atoms with Crippen LogP contribution >= 0.6 is 24.8 Å². The summed E-state index contributed by atoms with van der Waals surface area (Å²) in [5, 5.41) is 10.3. The highest BCUT2D eigenvalue weighted by Crippen LogP contribution is 2.35. The molecule has 1 aliphatic rings. The summed E-state index contributed by atoms with van der Waals surface area (Å²) in [6, 6.07) is 33.9. The predicted molar refractivity (Wildman–Crippen MR) is 137 cm³/mol. The van der Waals surface area contributed by atoms with E-state index in [1.807, 2.05) is 36.4 Å². The Balaban J connectivity index is 0.00000181. The number of benzene rings is 3. The van der Waals surface area contributed by atoms with E-state index in [0.717, 1.165) is 56.8 Å². The molecule has 0 spiro atoms. The highest BCUT2D eigenvalue weighted by molar-refractivity contribution is 5.85. The Bertz CT molecular complexity index is 911. The first-order valence-corrected chi connectivity index (χ1v) is 10.8. The molecule has 0 amide bonds. The van der Waals surface area contributed by atoms with Gasteiger partial charge in [0, 0.05) is 39.3 Å². The average molecular weight is 468 g/mol. The number of nitriles is 1. The number of hydrogen-bond donors (Lipinski definition) is 0. The van der Waals surface area contributed by atoms with Crippen molar-refractivity contribution < 1.29 is 0 Å². The second-order valence-corrected chi connectivity index (χ2v) is 8.10. The Morgan fingerprint density at radius 1 is 0.656 bits per heavy atom. The number of nitrogens with zero attached hydrogens (tertiary/aromatic N) is 3. The molecule has 0 saturated carbocycles. The van der Waals surface area contributed by atoms with Crippen molar-refractivity contribution >= 4 is 24.8 Å². The molecule has 0 atom stereocenters. The predicted octanol–water partition coefficient (Wildman–Crippen LogP) is 5.55. The number of halogens is 2. The zero-order valence-electron chi connectivity index (χ0n) is 18.3. The maximum Gasteiger partial charge on any atom is 0.108 e. The smallest absolute Gasteiger partial charge is 0.108 e. The summed E-state index contributed by atoms with van der Waals surface area (Å²) < 4.78 is 0. The van der Waals surface area contributed by atoms with Gasteiger partial charge in [-0.25, -0.2) is 0 Å². The van der Waals surface area contributed by atoms with Crippen molar-refractivity contribution in [2.24, 2.45) is 0 Å². The van der Waals surface area contributed by atoms with Crippen molar-refractivity contribution in [3.8, 4) is 6.07 Å². The molecule has 0 N–H and O–H groups in total. The summed E-state index contributed by atoms with van der Waals surface area (Å²) in [6.07, 6.45) is 0.802. The molecular formula is C27H31Cl2N3. The van der Waals surface area contributed by atoms with Crippen LogP contribution < -0.4 is 0 Å². The molecular weight excluding hydrogens is 437 g/mol. The molecule has 1 saturated heterocycles. The second kappa shape index (κ2) is 12.6. The minimum Gasteiger partial charge on any atom is -0.301 e. The lowest BCUT2D eigenvalue weighted by molar-refractivity contribution is 0.123. The molecule has 0 bridgehead atoms. The van der Waals surface area contributed by atoms with Gasteiger partial charge in [0.15, 0.2) is 0 Å². The number of hydrogen-bond acceptors (Lipinski definition) is 3. The van der Waals surface area contributed by atoms with Crippen molar-refractivity contribution in [3.63, 3.8) is 0 Å². The third kappa shape index (κ3) is 6.12. The minimum absolute atomic E-state index is 0. The van der Waals surface area contributed by atoms with Gasteiger partial charge in [-0.15, -0.1) is 24.8 Å². The topological polar surface area (TPSA) is 30.3 Å². The monoisotopic (exact) mass is 467 g/mol. The van der Waals surface area contributed by atoms with Crippen molar-refractivity contribution in [1.82, 2.24) is 9.80 Å². The Kier molecular flexibility index (Phi) is 10.2. The van der Waals surface area contributed by atoms with Gasteiger partial charge in [-0.3, -0.25) is 4.90 Å². The summed E-state index contributed by atoms with van der Waals surface area (Å²) in [4.78, 5) is 5.04. The molecule has 0 aliphatic carbocycles. The van der Waals surface area contributed by atoms with Gasteiger partial charge in [0.2, 0.25) is 0 Å². The number of piperazine rings is 1. The fourth-order valence-corrected chi connectivity index (χ4v) is 4.42. The van der Waals surface area contributed by atoms with E-state index < -0.39 is 5.41 Å². The second-order valence-electron chi connectivity index (χ2n) is 8.10. The summed E-state index contributed by atoms with van der Waals surface area (Å²) in [7, 11) is 0. The Morgan fingerprint density at radius 2 is 1.09 bits per heavy atom. The largest absolute Gasteiger partial charge is 0.301 e. The van der Waals surface area contributed by atoms with E-state index in [1.54, 1.807) is 0 Å². The highest BCUT2D eigenvalue weighted by Gasteiger charge is 2.35. The average Bonchev–Trinajstić information content (AvgIpc) is 2.83. The first-order chi connectivity index (χ1) is 14.8. The molecule has 4 rings (SSSR count). The molecule has 168 valence electrons. The highest BCUT2D eigenvalue weighted by atomic mass is 35.5. The number of rotatable bonds is 7. The molecule has 3 nitrogen and oxygen atoms in total. The maximum absolute atomic E-state index is 10.3. The zero-order valence-corrected chi connectivity index (χ0v) is 19.9. The van der Waals surface area contributed by atoms with Crippen LogP contribution in [0.15, 0.2) is 91.0 Å². The Labute approximate surface area is 204 Å². The van der Waals surface area contributed by atoms with Crippen molar-refractivity contribution in [1.29, 1.82) is 5.26 Å². The molecule has 3 aromatic rings. The quantitative estimate of drug-likeness (QED) is 0.456. The van der Waals surface area contributed by atoms with Gasteiger partial charge in [0.1, 0.15) is 5.41 Å². The molecule has 0 aromatic heterocycles. The maximum atomic E-state index is 10.3. The standard InChI is InChI=1S/C27H29N3.2ClH/c28-23-27(25-12-6-2-7-13-25,26-14-8-3-9-15-26)16-17-29-18-20-30(21-19-29)22-24-10-4-1-5-11-24;;/h1-15H,16-22H2;2*1H. The zero-order chi connectivity index (χ0) is 20.7. The summed E-state index contributed by atoms with van der Waals surface area (Å²) >= 11 is 0. The van der Waals surface area contributed by atoms with Crippen LogP contribution in [0.3, 0.4) is 0 Å². The van der Waals surface area contributed by atoms with Crippen molar-refractivity contribution in [2.75, 3.05) is 32.7 Å². The fraction of sp³-hybridized carbons (Fsp3) is 0.296. The molecule has 3 aromatic carbocycles. The van der Waals surface area contributed by atoms with E-state index in [2.05, 4.69) is 70.5 Å². The Hall–Kier alpha value is -2.35. The first kappa shape index (κ1) is 25.9. The molecule has 1 fully saturated rings. The van der Waals surface area contributed by atoms with Gasteiger partial charge in [0.05, 0.1) is 6.07 Å². The van der Waals surface area contributed by atoms with Gasteiger partial charge in [-0.05, 0) is 23.1 Å². The van der Waals surface area contributed by atoms with Crippen LogP contribution in [0.2, 0.25) is 0 Å². The lowest BCUT2D eigenvalue weighted by Gasteiger charge is -2.37. The first-order valence-electron chi connectivity index (χ1n) is 10.8. The van der Waals surface area contributed by atoms with E-state index in [4.69, 9.17) is 0 Å². The minimum atomic E-state index is -0.607. The van der Waals surface area contributed by atoms with Crippen molar-refractivity contribution in [3.05, 3.63) is 108 Å². The van der Waals surface area contributed by atoms with Gasteiger partial charge in [-0.1, -0.05) is 91.0 Å². The summed E-state index contributed by atoms with van der Waals surface area (Å²) in [6.45, 7) is 6.20. The fourth-order valence-electron chi connectivity index (χ4n) is 4.42. The van der Waals surface area contributed by atoms with Gasteiger partial charge >= 0.3 is 0 Å². The van der Waals surface area contributed by atoms with Crippen LogP contribution in [-0.4, -0.2) is 42.5 Å². The van der Waals surface area contributed by atoms with E-state index >= 15 is 0 Å². The molecule has 32 heavy (non-hydrogen) atoms. The van der Waals surface area contributed by atoms with E-state index in [1.165, 1.54) is 5.56 Å². The molecule has 5 heteroatoms. The molecule has 0 unspecified atom stereocenters. The summed E-state index contributed by atoms with van der Waals surface area (Å²) in [5.74, 6) is 0. The van der Waals surface area contributed by atoms with Crippen molar-refractivity contribution in [2.45, 2.75) is 18.4 Å². The molecule has 1 heterocycles. The van der Waals surface area contributed by atoms with Crippen LogP contribution in [0.4, 0.5) is 0 Å². The lowest BCUT2D eigenvalue weighted by Crippen LogP contribution is -2.47. The van der Waals surface area contributed by atoms with Crippen LogP contribution in [0.25, 0.3) is 0 Å². The third-order valence-electron chi connectivity index (χ3n) is 6.24. The van der Waals surface area contributed by atoms with Gasteiger partial charge in [-0.2, -0.15) is 5.26 Å². The SMILES string of the molecule is Cl.Cl.N#CC(CCN1CCN(Cc2ccccc2)CC1)(c1ccccc1)c1ccccc1. The van der Waals surface area contributed by atoms with Gasteiger partial charge in [0.25, 0.3) is 0 Å². The lowest BCUT2D eigenvalue weighted by atomic mass is 9.73. The van der Waals surface area contributed by atoms with Crippen LogP contribution in [0.1, 0.15) is 23.1 Å². The van der Waals surface area contributed by atoms with Crippen LogP contribution in [-0.2, 0) is 12.0 Å². The Morgan fingerprint density at radius 3 is 1.56 bits per heavy atom. The summed E-state index contributed by atoms with van der Waals surface area (Å²) in [5.41, 5.74) is 2.94. The molecule has 0 radical (unpaired) electrons. The van der Waals surface area contributed by atoms with E-state index in [0.29, 0.717) is 0 Å². The normalized spacial score (nSPS) is 14.6.